The molecule has 0 bridgehead atoms. The van der Waals surface area contributed by atoms with E-state index in [1.165, 1.54) is 12.1 Å². The first-order chi connectivity index (χ1) is 13.7. The number of rotatable bonds is 5. The Balaban J connectivity index is 0.00000240. The molecule has 1 aromatic carbocycles. The molecule has 0 aliphatic rings. The van der Waals surface area contributed by atoms with Crippen molar-refractivity contribution in [2.75, 3.05) is 6.54 Å². The van der Waals surface area contributed by atoms with Gasteiger partial charge in [0, 0.05) is 23.7 Å². The highest BCUT2D eigenvalue weighted by Crippen LogP contribution is 2.25. The Hall–Kier alpha value is -2.69. The summed E-state index contributed by atoms with van der Waals surface area (Å²) in [6, 6.07) is 10.3. The first kappa shape index (κ1) is 21.0. The van der Waals surface area contributed by atoms with Crippen molar-refractivity contribution in [3.05, 3.63) is 65.6 Å². The van der Waals surface area contributed by atoms with Crippen molar-refractivity contribution in [3.8, 4) is 0 Å². The molecule has 29 heavy (non-hydrogen) atoms. The summed E-state index contributed by atoms with van der Waals surface area (Å²) < 4.78 is 21.2. The van der Waals surface area contributed by atoms with Gasteiger partial charge in [0.15, 0.2) is 17.4 Å². The predicted molar refractivity (Wildman–Crippen MR) is 121 cm³/mol. The van der Waals surface area contributed by atoms with Crippen LogP contribution in [0.3, 0.4) is 0 Å². The van der Waals surface area contributed by atoms with E-state index in [1.807, 2.05) is 42.6 Å². The summed E-state index contributed by atoms with van der Waals surface area (Å²) in [6.45, 7) is 5.46. The molecule has 9 heteroatoms. The fraction of sp³-hybridized carbons (Fsp3) is 0.250. The van der Waals surface area contributed by atoms with Gasteiger partial charge in [-0.1, -0.05) is 6.07 Å². The number of aryl methyl sites for hydroxylation is 1. The summed E-state index contributed by atoms with van der Waals surface area (Å²) in [5, 5.41) is 15.6. The van der Waals surface area contributed by atoms with Gasteiger partial charge in [-0.05, 0) is 44.2 Å². The van der Waals surface area contributed by atoms with E-state index in [0.29, 0.717) is 24.6 Å². The van der Waals surface area contributed by atoms with E-state index in [1.54, 1.807) is 6.07 Å². The average molecular weight is 508 g/mol. The third-order valence-electron chi connectivity index (χ3n) is 4.52. The van der Waals surface area contributed by atoms with Gasteiger partial charge in [-0.25, -0.2) is 9.38 Å². The molecule has 0 atom stereocenters. The van der Waals surface area contributed by atoms with Crippen LogP contribution >= 0.6 is 24.0 Å². The Kier molecular flexibility index (Phi) is 6.68. The van der Waals surface area contributed by atoms with Crippen LogP contribution in [0.25, 0.3) is 16.6 Å². The largest absolute Gasteiger partial charge is 0.459 e. The lowest BCUT2D eigenvalue weighted by molar-refractivity contribution is 0.534. The van der Waals surface area contributed by atoms with Crippen LogP contribution in [0.1, 0.15) is 24.1 Å². The fourth-order valence-electron chi connectivity index (χ4n) is 3.07. The number of hydrogen-bond acceptors (Lipinski definition) is 4. The molecule has 3 aromatic heterocycles. The van der Waals surface area contributed by atoms with E-state index in [4.69, 9.17) is 4.42 Å². The summed E-state index contributed by atoms with van der Waals surface area (Å²) in [7, 11) is 0. The Bertz CT molecular complexity index is 1150. The van der Waals surface area contributed by atoms with Crippen molar-refractivity contribution in [3.63, 3.8) is 0 Å². The molecule has 0 unspecified atom stereocenters. The topological polar surface area (TPSA) is 79.8 Å². The molecule has 0 amide bonds. The molecule has 0 saturated carbocycles. The Morgan fingerprint density at radius 2 is 2.07 bits per heavy atom. The Morgan fingerprint density at radius 1 is 1.21 bits per heavy atom. The van der Waals surface area contributed by atoms with E-state index in [9.17, 15) is 4.39 Å². The molecule has 152 valence electrons. The lowest BCUT2D eigenvalue weighted by Gasteiger charge is -2.10. The van der Waals surface area contributed by atoms with Gasteiger partial charge in [0.2, 0.25) is 0 Å². The number of aromatic nitrogens is 3. The first-order valence-electron chi connectivity index (χ1n) is 9.14. The second-order valence-corrected chi connectivity index (χ2v) is 6.38. The van der Waals surface area contributed by atoms with Crippen molar-refractivity contribution < 1.29 is 8.81 Å². The Labute approximate surface area is 184 Å². The molecule has 3 heterocycles. The molecule has 4 rings (SSSR count). The summed E-state index contributed by atoms with van der Waals surface area (Å²) in [5.41, 5.74) is 2.38. The van der Waals surface area contributed by atoms with E-state index < -0.39 is 0 Å². The highest BCUT2D eigenvalue weighted by atomic mass is 127. The van der Waals surface area contributed by atoms with Gasteiger partial charge in [-0.3, -0.25) is 4.40 Å². The second-order valence-electron chi connectivity index (χ2n) is 6.38. The zero-order valence-corrected chi connectivity index (χ0v) is 18.5. The van der Waals surface area contributed by atoms with Crippen LogP contribution in [0.2, 0.25) is 0 Å². The van der Waals surface area contributed by atoms with Gasteiger partial charge >= 0.3 is 0 Å². The van der Waals surface area contributed by atoms with Crippen LogP contribution in [-0.4, -0.2) is 27.1 Å². The van der Waals surface area contributed by atoms with Crippen LogP contribution in [-0.2, 0) is 13.1 Å². The van der Waals surface area contributed by atoms with Gasteiger partial charge in [0.1, 0.15) is 23.7 Å². The molecular weight excluding hydrogens is 486 g/mol. The lowest BCUT2D eigenvalue weighted by atomic mass is 10.1. The lowest BCUT2D eigenvalue weighted by Crippen LogP contribution is -2.36. The maximum atomic E-state index is 13.5. The Morgan fingerprint density at radius 3 is 2.90 bits per heavy atom. The normalized spacial score (nSPS) is 11.6. The molecular formula is C20H22FIN6O. The van der Waals surface area contributed by atoms with Gasteiger partial charge in [-0.2, -0.15) is 0 Å². The number of nitrogens with one attached hydrogen (secondary N) is 2. The molecule has 0 radical (unpaired) electrons. The van der Waals surface area contributed by atoms with E-state index >= 15 is 0 Å². The maximum Gasteiger partial charge on any atom is 0.192 e. The number of guanidine groups is 1. The molecule has 0 fully saturated rings. The van der Waals surface area contributed by atoms with Gasteiger partial charge in [0.25, 0.3) is 0 Å². The quantitative estimate of drug-likeness (QED) is 0.244. The number of aliphatic imine (C=N–C) groups is 1. The molecule has 4 aromatic rings. The SMILES string of the molecule is CCNC(=NCc1nnc2ccccn12)NCc1oc2ccc(F)cc2c1C.I. The number of benzene rings is 1. The summed E-state index contributed by atoms with van der Waals surface area (Å²) in [4.78, 5) is 4.59. The predicted octanol–water partition coefficient (Wildman–Crippen LogP) is 3.80. The minimum atomic E-state index is -0.272. The van der Waals surface area contributed by atoms with Crippen LogP contribution < -0.4 is 10.6 Å². The molecule has 0 aliphatic heterocycles. The number of furan rings is 1. The molecule has 0 spiro atoms. The number of hydrogen-bond donors (Lipinski definition) is 2. The third-order valence-corrected chi connectivity index (χ3v) is 4.52. The minimum Gasteiger partial charge on any atom is -0.459 e. The highest BCUT2D eigenvalue weighted by molar-refractivity contribution is 14.0. The van der Waals surface area contributed by atoms with E-state index in [0.717, 1.165) is 34.7 Å². The van der Waals surface area contributed by atoms with Gasteiger partial charge < -0.3 is 15.1 Å². The van der Waals surface area contributed by atoms with Crippen molar-refractivity contribution in [2.24, 2.45) is 4.99 Å². The van der Waals surface area contributed by atoms with Crippen LogP contribution in [0.4, 0.5) is 4.39 Å². The maximum absolute atomic E-state index is 13.5. The van der Waals surface area contributed by atoms with E-state index in [2.05, 4.69) is 25.8 Å². The average Bonchev–Trinajstić information content (AvgIpc) is 3.25. The van der Waals surface area contributed by atoms with Crippen molar-refractivity contribution >= 4 is 46.6 Å². The number of pyridine rings is 1. The standard InChI is InChI=1S/C20H21FN6O.HI/c1-3-22-20(24-12-19-26-25-18-6-4-5-9-27(18)19)23-11-17-13(2)15-10-14(21)7-8-16(15)28-17;/h4-10H,3,11-12H2,1-2H3,(H2,22,23,24);1H. The molecule has 2 N–H and O–H groups in total. The summed E-state index contributed by atoms with van der Waals surface area (Å²) >= 11 is 0. The molecule has 7 nitrogen and oxygen atoms in total. The summed E-state index contributed by atoms with van der Waals surface area (Å²) in [6.07, 6.45) is 1.91. The van der Waals surface area contributed by atoms with Crippen molar-refractivity contribution in [1.82, 2.24) is 25.2 Å². The monoisotopic (exact) mass is 508 g/mol. The fourth-order valence-corrected chi connectivity index (χ4v) is 3.07. The zero-order chi connectivity index (χ0) is 19.5. The van der Waals surface area contributed by atoms with Crippen LogP contribution in [0.5, 0.6) is 0 Å². The third kappa shape index (κ3) is 4.50. The van der Waals surface area contributed by atoms with Crippen LogP contribution in [0.15, 0.2) is 52.0 Å². The number of halogens is 2. The van der Waals surface area contributed by atoms with E-state index in [-0.39, 0.29) is 29.8 Å². The zero-order valence-electron chi connectivity index (χ0n) is 16.1. The molecule has 0 saturated heterocycles. The van der Waals surface area contributed by atoms with Gasteiger partial charge in [-0.15, -0.1) is 34.2 Å². The molecule has 0 aliphatic carbocycles. The second kappa shape index (κ2) is 9.21. The first-order valence-corrected chi connectivity index (χ1v) is 9.14. The smallest absolute Gasteiger partial charge is 0.192 e. The highest BCUT2D eigenvalue weighted by Gasteiger charge is 2.12. The number of nitrogens with zero attached hydrogens (tertiary/aromatic N) is 4. The van der Waals surface area contributed by atoms with Gasteiger partial charge in [0.05, 0.1) is 6.54 Å². The minimum absolute atomic E-state index is 0. The van der Waals surface area contributed by atoms with Crippen molar-refractivity contribution in [1.29, 1.82) is 0 Å². The summed E-state index contributed by atoms with van der Waals surface area (Å²) in [5.74, 6) is 1.87. The van der Waals surface area contributed by atoms with Crippen molar-refractivity contribution in [2.45, 2.75) is 26.9 Å². The number of fused-ring (bicyclic) bond motifs is 2. The van der Waals surface area contributed by atoms with Crippen LogP contribution in [0, 0.1) is 12.7 Å².